The molecule has 23 heavy (non-hydrogen) atoms. The third-order valence-electron chi connectivity index (χ3n) is 3.53. The summed E-state index contributed by atoms with van der Waals surface area (Å²) in [5, 5.41) is 14.9. The molecule has 1 aromatic carbocycles. The predicted octanol–water partition coefficient (Wildman–Crippen LogP) is 0.744. The van der Waals surface area contributed by atoms with Gasteiger partial charge in [-0.3, -0.25) is 9.59 Å². The number of aromatic nitrogens is 4. The molecule has 1 heterocycles. The third kappa shape index (κ3) is 4.35. The number of primary amides is 1. The number of carbonyl (C=O) groups excluding carboxylic acids is 2. The Morgan fingerprint density at radius 3 is 2.48 bits per heavy atom. The van der Waals surface area contributed by atoms with Crippen LogP contribution in [0, 0.1) is 0 Å². The van der Waals surface area contributed by atoms with Crippen molar-refractivity contribution in [1.82, 2.24) is 25.5 Å². The molecule has 2 rings (SSSR count). The quantitative estimate of drug-likeness (QED) is 0.815. The molecular weight excluding hydrogens is 296 g/mol. The molecule has 0 aliphatic rings. The zero-order valence-electron chi connectivity index (χ0n) is 13.4. The number of hydrogen-bond acceptors (Lipinski definition) is 5. The smallest absolute Gasteiger partial charge is 0.248 e. The van der Waals surface area contributed by atoms with Gasteiger partial charge >= 0.3 is 0 Å². The second kappa shape index (κ2) is 6.55. The second-order valence-corrected chi connectivity index (χ2v) is 5.87. The van der Waals surface area contributed by atoms with Gasteiger partial charge in [-0.1, -0.05) is 19.1 Å². The van der Waals surface area contributed by atoms with E-state index in [4.69, 9.17) is 5.73 Å². The normalized spacial score (nSPS) is 11.3. The van der Waals surface area contributed by atoms with Crippen molar-refractivity contribution in [3.8, 4) is 11.4 Å². The molecule has 0 saturated heterocycles. The highest BCUT2D eigenvalue weighted by molar-refractivity contribution is 5.93. The number of tetrazole rings is 1. The number of nitrogens with zero attached hydrogens (tertiary/aromatic N) is 4. The minimum absolute atomic E-state index is 0.00417. The third-order valence-corrected chi connectivity index (χ3v) is 3.53. The van der Waals surface area contributed by atoms with E-state index in [-0.39, 0.29) is 18.0 Å². The Kier molecular flexibility index (Phi) is 4.73. The summed E-state index contributed by atoms with van der Waals surface area (Å²) >= 11 is 0. The molecule has 0 spiro atoms. The predicted molar refractivity (Wildman–Crippen MR) is 84.3 cm³/mol. The van der Waals surface area contributed by atoms with Gasteiger partial charge < -0.3 is 11.1 Å². The van der Waals surface area contributed by atoms with Crippen LogP contribution in [-0.4, -0.2) is 37.6 Å². The van der Waals surface area contributed by atoms with E-state index in [0.29, 0.717) is 17.0 Å². The standard InChI is InChI=1S/C15H20N6O2/c1-4-15(2,3)17-12(22)9-21-19-14(18-20-21)11-7-5-10(6-8-11)13(16)23/h5-8H,4,9H2,1-3H3,(H2,16,23)(H,17,22). The van der Waals surface area contributed by atoms with E-state index in [2.05, 4.69) is 20.7 Å². The van der Waals surface area contributed by atoms with Gasteiger partial charge in [-0.2, -0.15) is 4.80 Å². The van der Waals surface area contributed by atoms with Crippen molar-refractivity contribution in [2.45, 2.75) is 39.3 Å². The lowest BCUT2D eigenvalue weighted by atomic mass is 10.0. The fraction of sp³-hybridized carbons (Fsp3) is 0.400. The molecule has 0 aliphatic heterocycles. The summed E-state index contributed by atoms with van der Waals surface area (Å²) in [4.78, 5) is 24.2. The first kappa shape index (κ1) is 16.6. The lowest BCUT2D eigenvalue weighted by molar-refractivity contribution is -0.123. The Morgan fingerprint density at radius 2 is 1.91 bits per heavy atom. The minimum Gasteiger partial charge on any atom is -0.366 e. The molecule has 0 atom stereocenters. The van der Waals surface area contributed by atoms with Crippen LogP contribution in [0.3, 0.4) is 0 Å². The van der Waals surface area contributed by atoms with Crippen LogP contribution < -0.4 is 11.1 Å². The number of rotatable bonds is 6. The van der Waals surface area contributed by atoms with E-state index in [0.717, 1.165) is 6.42 Å². The lowest BCUT2D eigenvalue weighted by Crippen LogP contribution is -2.44. The summed E-state index contributed by atoms with van der Waals surface area (Å²) in [7, 11) is 0. The monoisotopic (exact) mass is 316 g/mol. The van der Waals surface area contributed by atoms with Gasteiger partial charge in [-0.15, -0.1) is 10.2 Å². The molecule has 0 bridgehead atoms. The first-order valence-corrected chi connectivity index (χ1v) is 7.30. The summed E-state index contributed by atoms with van der Waals surface area (Å²) in [5.41, 5.74) is 6.01. The first-order valence-electron chi connectivity index (χ1n) is 7.30. The Labute approximate surface area is 134 Å². The minimum atomic E-state index is -0.497. The van der Waals surface area contributed by atoms with Crippen molar-refractivity contribution in [1.29, 1.82) is 0 Å². The summed E-state index contributed by atoms with van der Waals surface area (Å²) in [6.07, 6.45) is 0.820. The average molecular weight is 316 g/mol. The summed E-state index contributed by atoms with van der Waals surface area (Å²) in [6.45, 7) is 5.90. The number of nitrogens with one attached hydrogen (secondary N) is 1. The highest BCUT2D eigenvalue weighted by Gasteiger charge is 2.18. The van der Waals surface area contributed by atoms with Crippen LogP contribution in [-0.2, 0) is 11.3 Å². The zero-order valence-corrected chi connectivity index (χ0v) is 13.4. The second-order valence-electron chi connectivity index (χ2n) is 5.87. The molecule has 8 heteroatoms. The lowest BCUT2D eigenvalue weighted by Gasteiger charge is -2.24. The number of amides is 2. The Balaban J connectivity index is 2.06. The van der Waals surface area contributed by atoms with Crippen LogP contribution in [0.25, 0.3) is 11.4 Å². The summed E-state index contributed by atoms with van der Waals surface area (Å²) in [5.74, 6) is -0.295. The van der Waals surface area contributed by atoms with Crippen LogP contribution in [0.2, 0.25) is 0 Å². The molecule has 2 aromatic rings. The van der Waals surface area contributed by atoms with Crippen LogP contribution >= 0.6 is 0 Å². The van der Waals surface area contributed by atoms with Gasteiger partial charge in [-0.25, -0.2) is 0 Å². The first-order chi connectivity index (χ1) is 10.8. The Bertz CT molecular complexity index is 705. The largest absolute Gasteiger partial charge is 0.366 e. The van der Waals surface area contributed by atoms with Crippen molar-refractivity contribution >= 4 is 11.8 Å². The maximum absolute atomic E-state index is 12.0. The molecule has 2 amide bonds. The molecule has 122 valence electrons. The zero-order chi connectivity index (χ0) is 17.0. The molecule has 3 N–H and O–H groups in total. The van der Waals surface area contributed by atoms with Gasteiger partial charge in [-0.05, 0) is 37.6 Å². The maximum atomic E-state index is 12.0. The van der Waals surface area contributed by atoms with E-state index in [1.807, 2.05) is 20.8 Å². The molecule has 0 aliphatic carbocycles. The highest BCUT2D eigenvalue weighted by atomic mass is 16.2. The van der Waals surface area contributed by atoms with E-state index in [1.165, 1.54) is 4.80 Å². The molecule has 0 radical (unpaired) electrons. The average Bonchev–Trinajstić information content (AvgIpc) is 2.95. The van der Waals surface area contributed by atoms with E-state index < -0.39 is 5.91 Å². The Hall–Kier alpha value is -2.77. The highest BCUT2D eigenvalue weighted by Crippen LogP contribution is 2.14. The fourth-order valence-corrected chi connectivity index (χ4v) is 1.84. The molecule has 8 nitrogen and oxygen atoms in total. The van der Waals surface area contributed by atoms with Crippen molar-refractivity contribution in [2.24, 2.45) is 5.73 Å². The van der Waals surface area contributed by atoms with E-state index in [1.54, 1.807) is 24.3 Å². The van der Waals surface area contributed by atoms with Gasteiger partial charge in [0.05, 0.1) is 0 Å². The molecule has 0 saturated carbocycles. The van der Waals surface area contributed by atoms with Crippen LogP contribution in [0.15, 0.2) is 24.3 Å². The van der Waals surface area contributed by atoms with Gasteiger partial charge in [0.1, 0.15) is 6.54 Å². The van der Waals surface area contributed by atoms with E-state index in [9.17, 15) is 9.59 Å². The summed E-state index contributed by atoms with van der Waals surface area (Å²) in [6, 6.07) is 6.55. The van der Waals surface area contributed by atoms with Crippen molar-refractivity contribution < 1.29 is 9.59 Å². The van der Waals surface area contributed by atoms with Gasteiger partial charge in [0.2, 0.25) is 17.6 Å². The van der Waals surface area contributed by atoms with Crippen LogP contribution in [0.5, 0.6) is 0 Å². The number of nitrogens with two attached hydrogens (primary N) is 1. The maximum Gasteiger partial charge on any atom is 0.248 e. The molecular formula is C15H20N6O2. The van der Waals surface area contributed by atoms with Crippen molar-refractivity contribution in [3.63, 3.8) is 0 Å². The number of carbonyl (C=O) groups is 2. The van der Waals surface area contributed by atoms with Crippen LogP contribution in [0.4, 0.5) is 0 Å². The molecule has 1 aromatic heterocycles. The fourth-order valence-electron chi connectivity index (χ4n) is 1.84. The van der Waals surface area contributed by atoms with Gasteiger partial charge in [0.15, 0.2) is 0 Å². The molecule has 0 unspecified atom stereocenters. The number of benzene rings is 1. The van der Waals surface area contributed by atoms with Crippen molar-refractivity contribution in [3.05, 3.63) is 29.8 Å². The Morgan fingerprint density at radius 1 is 1.26 bits per heavy atom. The summed E-state index contributed by atoms with van der Waals surface area (Å²) < 4.78 is 0. The molecule has 0 fully saturated rings. The van der Waals surface area contributed by atoms with Gasteiger partial charge in [0.25, 0.3) is 0 Å². The van der Waals surface area contributed by atoms with Gasteiger partial charge in [0, 0.05) is 16.7 Å². The SMILES string of the molecule is CCC(C)(C)NC(=O)Cn1nnc(-c2ccc(C(N)=O)cc2)n1. The van der Waals surface area contributed by atoms with Crippen molar-refractivity contribution in [2.75, 3.05) is 0 Å². The topological polar surface area (TPSA) is 116 Å². The van der Waals surface area contributed by atoms with Crippen LogP contribution in [0.1, 0.15) is 37.6 Å². The number of hydrogen-bond donors (Lipinski definition) is 2. The van der Waals surface area contributed by atoms with E-state index >= 15 is 0 Å².